The van der Waals surface area contributed by atoms with E-state index in [0.29, 0.717) is 19.4 Å². The maximum atomic E-state index is 12.0. The van der Waals surface area contributed by atoms with Crippen LogP contribution < -0.4 is 10.2 Å². The highest BCUT2D eigenvalue weighted by Crippen LogP contribution is 2.34. The van der Waals surface area contributed by atoms with E-state index in [-0.39, 0.29) is 5.69 Å². The molecule has 5 aromatic carbocycles. The van der Waals surface area contributed by atoms with Gasteiger partial charge in [-0.3, -0.25) is 0 Å². The molecule has 0 aliphatic heterocycles. The van der Waals surface area contributed by atoms with Crippen LogP contribution in [0.4, 0.5) is 0 Å². The number of nitrogens with one attached hydrogen (secondary N) is 1. The third-order valence-electron chi connectivity index (χ3n) is 7.36. The largest absolute Gasteiger partial charge is 0.493 e. The van der Waals surface area contributed by atoms with Crippen LogP contribution in [0.25, 0.3) is 32.8 Å². The molecule has 0 amide bonds. The molecule has 2 N–H and O–H groups in total. The Balaban J connectivity index is 0.000000365. The van der Waals surface area contributed by atoms with Crippen molar-refractivity contribution in [1.82, 2.24) is 4.98 Å². The number of aromatic amines is 1. The Labute approximate surface area is 242 Å². The second-order valence-corrected chi connectivity index (χ2v) is 10.1. The minimum Gasteiger partial charge on any atom is -0.493 e. The molecule has 6 aromatic rings. The molecule has 0 spiro atoms. The number of fused-ring (bicyclic) bond motifs is 2. The van der Waals surface area contributed by atoms with Gasteiger partial charge in [0.1, 0.15) is 19.3 Å². The number of aromatic nitrogens is 1. The Hall–Kier alpha value is -4.77. The highest BCUT2D eigenvalue weighted by molar-refractivity contribution is 6.33. The van der Waals surface area contributed by atoms with Gasteiger partial charge in [0.05, 0.1) is 12.1 Å². The summed E-state index contributed by atoms with van der Waals surface area (Å²) in [6.45, 7) is 4.58. The van der Waals surface area contributed by atoms with Gasteiger partial charge in [0.25, 0.3) is 0 Å². The molecule has 0 aliphatic carbocycles. The molecule has 2 radical (unpaired) electrons. The monoisotopic (exact) mass is 537 g/mol. The summed E-state index contributed by atoms with van der Waals surface area (Å²) < 4.78 is 6.08. The van der Waals surface area contributed by atoms with E-state index in [1.165, 1.54) is 0 Å². The standard InChI is InChI=1S/C29H25NO3.C7H7B/c1-19-9-2-4-12-21(19)23-14-7-15-24-25(28(29(31)32)30-27(23)24)16-8-18-33-26-17-6-11-20-10-3-5-13-22(20)26;1-6-4-2-3-5-7(6)8/h2-7,9-15,17,30H,8,16,18H2,1H3,(H,31,32);2-5H,1H3. The van der Waals surface area contributed by atoms with Crippen LogP contribution >= 0.6 is 0 Å². The van der Waals surface area contributed by atoms with Crippen LogP contribution in [-0.2, 0) is 6.42 Å². The summed E-state index contributed by atoms with van der Waals surface area (Å²) in [7, 11) is 5.52. The first-order valence-electron chi connectivity index (χ1n) is 13.8. The van der Waals surface area contributed by atoms with Gasteiger partial charge in [-0.05, 0) is 54.8 Å². The summed E-state index contributed by atoms with van der Waals surface area (Å²) >= 11 is 0. The molecular weight excluding hydrogens is 505 g/mol. The maximum absolute atomic E-state index is 12.0. The molecule has 0 aliphatic rings. The number of para-hydroxylation sites is 1. The Kier molecular flexibility index (Phi) is 8.54. The number of rotatable bonds is 7. The number of aromatic carboxylic acids is 1. The van der Waals surface area contributed by atoms with Gasteiger partial charge < -0.3 is 14.8 Å². The molecule has 6 rings (SSSR count). The molecule has 0 saturated carbocycles. The van der Waals surface area contributed by atoms with E-state index < -0.39 is 5.97 Å². The minimum absolute atomic E-state index is 0.260. The molecule has 0 atom stereocenters. The highest BCUT2D eigenvalue weighted by Gasteiger charge is 2.19. The van der Waals surface area contributed by atoms with Gasteiger partial charge in [-0.25, -0.2) is 4.79 Å². The lowest BCUT2D eigenvalue weighted by molar-refractivity contribution is 0.0690. The zero-order valence-corrected chi connectivity index (χ0v) is 23.4. The molecule has 0 unspecified atom stereocenters. The van der Waals surface area contributed by atoms with Crippen molar-refractivity contribution in [1.29, 1.82) is 0 Å². The van der Waals surface area contributed by atoms with E-state index in [9.17, 15) is 9.90 Å². The average Bonchev–Trinajstić information content (AvgIpc) is 3.37. The quantitative estimate of drug-likeness (QED) is 0.161. The Bertz CT molecular complexity index is 1800. The molecule has 202 valence electrons. The van der Waals surface area contributed by atoms with Crippen molar-refractivity contribution in [3.05, 3.63) is 132 Å². The summed E-state index contributed by atoms with van der Waals surface area (Å²) in [5, 5.41) is 13.1. The van der Waals surface area contributed by atoms with E-state index in [1.807, 2.05) is 85.8 Å². The fraction of sp³-hybridized carbons (Fsp3) is 0.139. The SMILES string of the molecule is Cc1ccccc1-c1cccc2c(CCCOc3cccc4ccccc34)c(C(=O)O)[nH]c12.[B]c1ccccc1C. The number of hydrogen-bond donors (Lipinski definition) is 2. The van der Waals surface area contributed by atoms with E-state index in [2.05, 4.69) is 42.2 Å². The van der Waals surface area contributed by atoms with Gasteiger partial charge in [-0.2, -0.15) is 0 Å². The van der Waals surface area contributed by atoms with Crippen molar-refractivity contribution in [3.63, 3.8) is 0 Å². The van der Waals surface area contributed by atoms with Crippen molar-refractivity contribution in [2.24, 2.45) is 0 Å². The third kappa shape index (κ3) is 6.20. The summed E-state index contributed by atoms with van der Waals surface area (Å²) in [6.07, 6.45) is 1.33. The first kappa shape index (κ1) is 27.8. The number of carbonyl (C=O) groups is 1. The first-order chi connectivity index (χ1) is 19.9. The maximum Gasteiger partial charge on any atom is 0.352 e. The number of carboxylic acids is 1. The van der Waals surface area contributed by atoms with E-state index >= 15 is 0 Å². The smallest absolute Gasteiger partial charge is 0.352 e. The van der Waals surface area contributed by atoms with Crippen LogP contribution in [0, 0.1) is 13.8 Å². The molecule has 4 nitrogen and oxygen atoms in total. The summed E-state index contributed by atoms with van der Waals surface area (Å²) in [5.41, 5.74) is 7.25. The summed E-state index contributed by atoms with van der Waals surface area (Å²) in [5.74, 6) is -0.0840. The van der Waals surface area contributed by atoms with Crippen LogP contribution in [-0.4, -0.2) is 30.5 Å². The van der Waals surface area contributed by atoms with E-state index in [4.69, 9.17) is 12.6 Å². The molecule has 5 heteroatoms. The topological polar surface area (TPSA) is 62.3 Å². The van der Waals surface area contributed by atoms with Gasteiger partial charge >= 0.3 is 5.97 Å². The van der Waals surface area contributed by atoms with Gasteiger partial charge in [-0.1, -0.05) is 114 Å². The Morgan fingerprint density at radius 2 is 1.39 bits per heavy atom. The van der Waals surface area contributed by atoms with Crippen LogP contribution in [0.3, 0.4) is 0 Å². The second kappa shape index (κ2) is 12.6. The predicted molar refractivity (Wildman–Crippen MR) is 170 cm³/mol. The van der Waals surface area contributed by atoms with Crippen molar-refractivity contribution >= 4 is 41.0 Å². The number of aryl methyl sites for hydroxylation is 3. The second-order valence-electron chi connectivity index (χ2n) is 10.1. The molecule has 0 bridgehead atoms. The van der Waals surface area contributed by atoms with Crippen LogP contribution in [0.5, 0.6) is 5.75 Å². The summed E-state index contributed by atoms with van der Waals surface area (Å²) in [4.78, 5) is 15.2. The van der Waals surface area contributed by atoms with E-state index in [1.54, 1.807) is 0 Å². The lowest BCUT2D eigenvalue weighted by Gasteiger charge is -2.10. The molecule has 0 fully saturated rings. The molecule has 0 saturated heterocycles. The fourth-order valence-corrected chi connectivity index (χ4v) is 5.15. The number of benzene rings is 5. The number of H-pyrrole nitrogens is 1. The molecule has 1 heterocycles. The number of carboxylic acid groups (broad SMARTS) is 1. The first-order valence-corrected chi connectivity index (χ1v) is 13.8. The van der Waals surface area contributed by atoms with Crippen LogP contribution in [0.15, 0.2) is 109 Å². The van der Waals surface area contributed by atoms with Crippen molar-refractivity contribution < 1.29 is 14.6 Å². The highest BCUT2D eigenvalue weighted by atomic mass is 16.5. The molecule has 41 heavy (non-hydrogen) atoms. The fourth-order valence-electron chi connectivity index (χ4n) is 5.15. The minimum atomic E-state index is -0.938. The van der Waals surface area contributed by atoms with Gasteiger partial charge in [-0.15, -0.1) is 0 Å². The Morgan fingerprint density at radius 1 is 0.756 bits per heavy atom. The van der Waals surface area contributed by atoms with Crippen LogP contribution in [0.1, 0.15) is 33.6 Å². The summed E-state index contributed by atoms with van der Waals surface area (Å²) in [6, 6.07) is 36.2. The zero-order valence-electron chi connectivity index (χ0n) is 23.4. The van der Waals surface area contributed by atoms with Gasteiger partial charge in [0.2, 0.25) is 0 Å². The molecule has 1 aromatic heterocycles. The van der Waals surface area contributed by atoms with Crippen molar-refractivity contribution in [2.75, 3.05) is 6.61 Å². The Morgan fingerprint density at radius 3 is 2.12 bits per heavy atom. The van der Waals surface area contributed by atoms with E-state index in [0.717, 1.165) is 60.7 Å². The average molecular weight is 537 g/mol. The van der Waals surface area contributed by atoms with Gasteiger partial charge in [0.15, 0.2) is 0 Å². The lowest BCUT2D eigenvalue weighted by Crippen LogP contribution is -2.04. The number of hydrogen-bond acceptors (Lipinski definition) is 2. The molecular formula is C36H32BNO3. The normalized spacial score (nSPS) is 10.8. The van der Waals surface area contributed by atoms with Crippen molar-refractivity contribution in [3.8, 4) is 16.9 Å². The number of ether oxygens (including phenoxy) is 1. The lowest BCUT2D eigenvalue weighted by atomic mass is 9.92. The van der Waals surface area contributed by atoms with Crippen molar-refractivity contribution in [2.45, 2.75) is 26.7 Å². The van der Waals surface area contributed by atoms with Gasteiger partial charge in [0, 0.05) is 16.3 Å². The van der Waals surface area contributed by atoms with Crippen LogP contribution in [0.2, 0.25) is 0 Å². The predicted octanol–water partition coefficient (Wildman–Crippen LogP) is 7.80. The third-order valence-corrected chi connectivity index (χ3v) is 7.36. The zero-order chi connectivity index (χ0) is 28.8.